The highest BCUT2D eigenvalue weighted by molar-refractivity contribution is 5.13. The van der Waals surface area contributed by atoms with Gasteiger partial charge in [0.2, 0.25) is 0 Å². The highest BCUT2D eigenvalue weighted by Gasteiger charge is 1.91. The summed E-state index contributed by atoms with van der Waals surface area (Å²) >= 11 is 0. The Hall–Kier alpha value is -1.24. The fraction of sp³-hybridized carbons (Fsp3) is 0.333. The fourth-order valence-electron chi connectivity index (χ4n) is 1.12. The van der Waals surface area contributed by atoms with Gasteiger partial charge in [0.25, 0.3) is 0 Å². The lowest BCUT2D eigenvalue weighted by molar-refractivity contribution is 0.199. The van der Waals surface area contributed by atoms with Crippen LogP contribution in [0.1, 0.15) is 25.8 Å². The molecule has 1 rings (SSSR count). The zero-order chi connectivity index (χ0) is 9.52. The largest absolute Gasteiger partial charge is 0.494 e. The molecule has 0 unspecified atom stereocenters. The predicted octanol–water partition coefficient (Wildman–Crippen LogP) is 3.52. The summed E-state index contributed by atoms with van der Waals surface area (Å²) in [7, 11) is 0. The summed E-state index contributed by atoms with van der Waals surface area (Å²) in [5.74, 6) is 1.01. The Labute approximate surface area is 80.0 Å². The summed E-state index contributed by atoms with van der Waals surface area (Å²) in [6.07, 6.45) is 3.11. The normalized spacial score (nSPS) is 11.4. The third-order valence-electron chi connectivity index (χ3n) is 1.80. The van der Waals surface area contributed by atoms with E-state index in [1.165, 1.54) is 5.56 Å². The van der Waals surface area contributed by atoms with Crippen LogP contribution in [0.25, 0.3) is 0 Å². The number of allylic oxidation sites excluding steroid dienone is 2. The van der Waals surface area contributed by atoms with Crippen molar-refractivity contribution in [3.8, 4) is 0 Å². The van der Waals surface area contributed by atoms with E-state index in [-0.39, 0.29) is 0 Å². The van der Waals surface area contributed by atoms with Gasteiger partial charge in [-0.25, -0.2) is 0 Å². The smallest absolute Gasteiger partial charge is 0.113 e. The van der Waals surface area contributed by atoms with Gasteiger partial charge in [0.1, 0.15) is 6.61 Å². The van der Waals surface area contributed by atoms with Crippen molar-refractivity contribution in [3.63, 3.8) is 0 Å². The van der Waals surface area contributed by atoms with Gasteiger partial charge in [-0.15, -0.1) is 0 Å². The first kappa shape index (κ1) is 9.85. The van der Waals surface area contributed by atoms with E-state index in [1.54, 1.807) is 0 Å². The van der Waals surface area contributed by atoms with E-state index < -0.39 is 0 Å². The van der Waals surface area contributed by atoms with Crippen molar-refractivity contribution in [2.24, 2.45) is 0 Å². The van der Waals surface area contributed by atoms with Gasteiger partial charge in [0, 0.05) is 0 Å². The van der Waals surface area contributed by atoms with Crippen molar-refractivity contribution in [1.29, 1.82) is 0 Å². The van der Waals surface area contributed by atoms with Crippen LogP contribution in [-0.4, -0.2) is 0 Å². The molecule has 0 heterocycles. The molecule has 1 aromatic carbocycles. The van der Waals surface area contributed by atoms with Crippen LogP contribution >= 0.6 is 0 Å². The molecule has 1 nitrogen and oxygen atoms in total. The molecule has 0 aliphatic carbocycles. The second-order valence-corrected chi connectivity index (χ2v) is 3.00. The Balaban J connectivity index is 2.39. The first-order chi connectivity index (χ1) is 6.33. The quantitative estimate of drug-likeness (QED) is 0.638. The molecule has 0 spiro atoms. The summed E-state index contributed by atoms with van der Waals surface area (Å²) in [5, 5.41) is 0. The van der Waals surface area contributed by atoms with Gasteiger partial charge in [-0.2, -0.15) is 0 Å². The van der Waals surface area contributed by atoms with Gasteiger partial charge >= 0.3 is 0 Å². The second kappa shape index (κ2) is 5.41. The van der Waals surface area contributed by atoms with Gasteiger partial charge in [0.05, 0.1) is 5.76 Å². The molecule has 0 atom stereocenters. The van der Waals surface area contributed by atoms with Gasteiger partial charge in [-0.1, -0.05) is 37.3 Å². The molecule has 0 saturated heterocycles. The van der Waals surface area contributed by atoms with E-state index in [9.17, 15) is 0 Å². The fourth-order valence-corrected chi connectivity index (χ4v) is 1.12. The lowest BCUT2D eigenvalue weighted by Crippen LogP contribution is -1.89. The third-order valence-corrected chi connectivity index (χ3v) is 1.80. The van der Waals surface area contributed by atoms with Gasteiger partial charge < -0.3 is 4.74 Å². The number of hydrogen-bond donors (Lipinski definition) is 0. The zero-order valence-corrected chi connectivity index (χ0v) is 8.29. The lowest BCUT2D eigenvalue weighted by Gasteiger charge is -2.05. The SMILES string of the molecule is CCC=C(C)OCc1ccccc1. The number of benzene rings is 1. The van der Waals surface area contributed by atoms with Crippen LogP contribution in [0.4, 0.5) is 0 Å². The molecule has 0 saturated carbocycles. The Morgan fingerprint density at radius 2 is 2.00 bits per heavy atom. The molecule has 0 amide bonds. The topological polar surface area (TPSA) is 9.23 Å². The molecule has 0 radical (unpaired) electrons. The van der Waals surface area contributed by atoms with E-state index in [0.717, 1.165) is 12.2 Å². The second-order valence-electron chi connectivity index (χ2n) is 3.00. The number of rotatable bonds is 4. The molecule has 0 fully saturated rings. The minimum atomic E-state index is 0.670. The summed E-state index contributed by atoms with van der Waals surface area (Å²) in [5.41, 5.74) is 1.21. The van der Waals surface area contributed by atoms with Crippen molar-refractivity contribution >= 4 is 0 Å². The van der Waals surface area contributed by atoms with Crippen LogP contribution < -0.4 is 0 Å². The average Bonchev–Trinajstić information content (AvgIpc) is 2.17. The highest BCUT2D eigenvalue weighted by Crippen LogP contribution is 2.05. The van der Waals surface area contributed by atoms with Crippen molar-refractivity contribution in [2.75, 3.05) is 0 Å². The van der Waals surface area contributed by atoms with E-state index in [4.69, 9.17) is 4.74 Å². The Morgan fingerprint density at radius 3 is 2.62 bits per heavy atom. The molecule has 1 aromatic rings. The van der Waals surface area contributed by atoms with Crippen LogP contribution in [0.15, 0.2) is 42.2 Å². The summed E-state index contributed by atoms with van der Waals surface area (Å²) in [6, 6.07) is 10.2. The minimum Gasteiger partial charge on any atom is -0.494 e. The number of ether oxygens (including phenoxy) is 1. The average molecular weight is 176 g/mol. The van der Waals surface area contributed by atoms with Crippen LogP contribution in [0.2, 0.25) is 0 Å². The molecule has 13 heavy (non-hydrogen) atoms. The van der Waals surface area contributed by atoms with Crippen LogP contribution in [0, 0.1) is 0 Å². The Morgan fingerprint density at radius 1 is 1.31 bits per heavy atom. The molecule has 0 N–H and O–H groups in total. The van der Waals surface area contributed by atoms with Gasteiger partial charge in [-0.3, -0.25) is 0 Å². The first-order valence-corrected chi connectivity index (χ1v) is 4.66. The van der Waals surface area contributed by atoms with Crippen molar-refractivity contribution in [2.45, 2.75) is 26.9 Å². The van der Waals surface area contributed by atoms with Crippen LogP contribution in [-0.2, 0) is 11.3 Å². The van der Waals surface area contributed by atoms with Crippen molar-refractivity contribution < 1.29 is 4.74 Å². The Kier molecular flexibility index (Phi) is 4.10. The summed E-state index contributed by atoms with van der Waals surface area (Å²) in [6.45, 7) is 4.77. The lowest BCUT2D eigenvalue weighted by atomic mass is 10.2. The Bertz CT molecular complexity index is 262. The highest BCUT2D eigenvalue weighted by atomic mass is 16.5. The number of hydrogen-bond acceptors (Lipinski definition) is 1. The van der Waals surface area contributed by atoms with Gasteiger partial charge in [-0.05, 0) is 25.0 Å². The molecule has 0 aromatic heterocycles. The van der Waals surface area contributed by atoms with E-state index >= 15 is 0 Å². The van der Waals surface area contributed by atoms with E-state index in [0.29, 0.717) is 6.61 Å². The zero-order valence-electron chi connectivity index (χ0n) is 8.29. The van der Waals surface area contributed by atoms with Crippen LogP contribution in [0.3, 0.4) is 0 Å². The molecule has 1 heteroatoms. The minimum absolute atomic E-state index is 0.670. The monoisotopic (exact) mass is 176 g/mol. The summed E-state index contributed by atoms with van der Waals surface area (Å²) < 4.78 is 5.53. The van der Waals surface area contributed by atoms with E-state index in [2.05, 4.69) is 25.1 Å². The molecule has 0 aliphatic heterocycles. The maximum atomic E-state index is 5.53. The molecule has 70 valence electrons. The molecule has 0 aliphatic rings. The summed E-state index contributed by atoms with van der Waals surface area (Å²) in [4.78, 5) is 0. The molecular formula is C12H16O. The van der Waals surface area contributed by atoms with Crippen molar-refractivity contribution in [3.05, 3.63) is 47.7 Å². The van der Waals surface area contributed by atoms with Crippen molar-refractivity contribution in [1.82, 2.24) is 0 Å². The molecular weight excluding hydrogens is 160 g/mol. The van der Waals surface area contributed by atoms with Crippen LogP contribution in [0.5, 0.6) is 0 Å². The predicted molar refractivity (Wildman–Crippen MR) is 55.3 cm³/mol. The third kappa shape index (κ3) is 3.79. The first-order valence-electron chi connectivity index (χ1n) is 4.66. The van der Waals surface area contributed by atoms with E-state index in [1.807, 2.05) is 25.1 Å². The van der Waals surface area contributed by atoms with Gasteiger partial charge in [0.15, 0.2) is 0 Å². The standard InChI is InChI=1S/C12H16O/c1-3-7-11(2)13-10-12-8-5-4-6-9-12/h4-9H,3,10H2,1-2H3. The molecule has 0 bridgehead atoms. The maximum Gasteiger partial charge on any atom is 0.113 e. The maximum absolute atomic E-state index is 5.53.